The maximum absolute atomic E-state index is 10.9. The first-order valence-electron chi connectivity index (χ1n) is 6.14. The number of thiazole rings is 1. The minimum atomic E-state index is -0.653. The van der Waals surface area contributed by atoms with Crippen molar-refractivity contribution in [3.05, 3.63) is 40.3 Å². The Bertz CT molecular complexity index is 580. The van der Waals surface area contributed by atoms with Gasteiger partial charge in [-0.05, 0) is 38.1 Å². The van der Waals surface area contributed by atoms with Crippen LogP contribution in [0.15, 0.2) is 29.6 Å². The van der Waals surface area contributed by atoms with Crippen LogP contribution in [0.4, 0.5) is 0 Å². The van der Waals surface area contributed by atoms with Crippen molar-refractivity contribution in [1.29, 1.82) is 0 Å². The molecule has 0 saturated carbocycles. The number of nitrogens with zero attached hydrogens (tertiary/aromatic N) is 1. The lowest BCUT2D eigenvalue weighted by molar-refractivity contribution is -0.123. The van der Waals surface area contributed by atoms with E-state index in [-0.39, 0.29) is 0 Å². The van der Waals surface area contributed by atoms with E-state index in [0.29, 0.717) is 12.4 Å². The molecule has 0 saturated heterocycles. The normalized spacial score (nSPS) is 11.9. The van der Waals surface area contributed by atoms with E-state index in [4.69, 9.17) is 15.2 Å². The molecule has 2 aromatic rings. The number of aromatic nitrogens is 1. The van der Waals surface area contributed by atoms with Gasteiger partial charge in [0.1, 0.15) is 18.1 Å². The zero-order valence-electron chi connectivity index (χ0n) is 11.3. The minimum absolute atomic E-state index is 0.433. The van der Waals surface area contributed by atoms with E-state index in [1.807, 2.05) is 12.3 Å². The molecule has 0 fully saturated rings. The lowest BCUT2D eigenvalue weighted by Gasteiger charge is -2.11. The Kier molecular flexibility index (Phi) is 4.57. The fourth-order valence-electron chi connectivity index (χ4n) is 1.51. The van der Waals surface area contributed by atoms with E-state index >= 15 is 0 Å². The molecule has 2 rings (SSSR count). The predicted molar refractivity (Wildman–Crippen MR) is 76.9 cm³/mol. The zero-order valence-corrected chi connectivity index (χ0v) is 12.1. The van der Waals surface area contributed by atoms with E-state index < -0.39 is 12.0 Å². The van der Waals surface area contributed by atoms with Crippen LogP contribution in [-0.4, -0.2) is 17.0 Å². The molecule has 1 amide bonds. The van der Waals surface area contributed by atoms with Crippen molar-refractivity contribution in [2.75, 3.05) is 0 Å². The average molecular weight is 292 g/mol. The number of carbonyl (C=O) groups excluding carboxylic acids is 1. The average Bonchev–Trinajstić information content (AvgIpc) is 2.83. The Balaban J connectivity index is 1.89. The molecule has 0 aliphatic rings. The van der Waals surface area contributed by atoms with Crippen LogP contribution < -0.4 is 15.2 Å². The van der Waals surface area contributed by atoms with Gasteiger partial charge in [-0.15, -0.1) is 11.3 Å². The Labute approximate surface area is 121 Å². The number of primary amides is 1. The highest BCUT2D eigenvalue weighted by atomic mass is 32.1. The molecule has 6 heteroatoms. The fourth-order valence-corrected chi connectivity index (χ4v) is 2.11. The molecule has 1 heterocycles. The van der Waals surface area contributed by atoms with Gasteiger partial charge in [-0.2, -0.15) is 0 Å². The van der Waals surface area contributed by atoms with Gasteiger partial charge in [0.15, 0.2) is 6.10 Å². The lowest BCUT2D eigenvalue weighted by atomic mass is 10.3. The fraction of sp³-hybridized carbons (Fsp3) is 0.286. The number of benzene rings is 1. The Morgan fingerprint density at radius 1 is 1.35 bits per heavy atom. The topological polar surface area (TPSA) is 74.4 Å². The molecule has 0 aliphatic carbocycles. The molecule has 0 radical (unpaired) electrons. The second-order valence-electron chi connectivity index (χ2n) is 4.28. The van der Waals surface area contributed by atoms with Gasteiger partial charge in [-0.1, -0.05) is 0 Å². The highest BCUT2D eigenvalue weighted by molar-refractivity contribution is 7.09. The first-order valence-corrected chi connectivity index (χ1v) is 7.02. The molecule has 5 nitrogen and oxygen atoms in total. The first-order chi connectivity index (χ1) is 9.54. The Hall–Kier alpha value is -2.08. The summed E-state index contributed by atoms with van der Waals surface area (Å²) >= 11 is 1.60. The van der Waals surface area contributed by atoms with Gasteiger partial charge in [0.2, 0.25) is 0 Å². The molecule has 20 heavy (non-hydrogen) atoms. The lowest BCUT2D eigenvalue weighted by Crippen LogP contribution is -2.30. The second kappa shape index (κ2) is 6.38. The van der Waals surface area contributed by atoms with Gasteiger partial charge >= 0.3 is 0 Å². The maximum atomic E-state index is 10.9. The summed E-state index contributed by atoms with van der Waals surface area (Å²) in [6, 6.07) is 7.03. The van der Waals surface area contributed by atoms with Crippen LogP contribution in [0.25, 0.3) is 0 Å². The van der Waals surface area contributed by atoms with Gasteiger partial charge in [-0.3, -0.25) is 4.79 Å². The summed E-state index contributed by atoms with van der Waals surface area (Å²) in [5.74, 6) is 0.798. The summed E-state index contributed by atoms with van der Waals surface area (Å²) in [5, 5.41) is 2.99. The number of carbonyl (C=O) groups is 1. The second-order valence-corrected chi connectivity index (χ2v) is 5.34. The van der Waals surface area contributed by atoms with E-state index in [9.17, 15) is 4.79 Å². The van der Waals surface area contributed by atoms with Gasteiger partial charge in [-0.25, -0.2) is 4.98 Å². The van der Waals surface area contributed by atoms with Crippen molar-refractivity contribution in [2.24, 2.45) is 5.73 Å². The third kappa shape index (κ3) is 3.96. The van der Waals surface area contributed by atoms with Crippen LogP contribution in [0.3, 0.4) is 0 Å². The molecule has 0 spiro atoms. The highest BCUT2D eigenvalue weighted by Gasteiger charge is 2.09. The van der Waals surface area contributed by atoms with Crippen molar-refractivity contribution in [3.8, 4) is 11.5 Å². The zero-order chi connectivity index (χ0) is 14.5. The Morgan fingerprint density at radius 2 is 2.00 bits per heavy atom. The number of aryl methyl sites for hydroxylation is 1. The third-order valence-electron chi connectivity index (χ3n) is 2.59. The SMILES string of the molecule is Cc1nc(COc2ccc(O[C@@H](C)C(N)=O)cc2)cs1. The van der Waals surface area contributed by atoms with Crippen molar-refractivity contribution < 1.29 is 14.3 Å². The summed E-state index contributed by atoms with van der Waals surface area (Å²) in [6.07, 6.45) is -0.653. The van der Waals surface area contributed by atoms with Crippen LogP contribution in [0, 0.1) is 6.92 Å². The monoisotopic (exact) mass is 292 g/mol. The van der Waals surface area contributed by atoms with Gasteiger partial charge in [0.05, 0.1) is 10.7 Å². The summed E-state index contributed by atoms with van der Waals surface area (Å²) < 4.78 is 11.0. The number of rotatable bonds is 6. The first kappa shape index (κ1) is 14.3. The van der Waals surface area contributed by atoms with Crippen LogP contribution in [0.1, 0.15) is 17.6 Å². The van der Waals surface area contributed by atoms with Gasteiger partial charge < -0.3 is 15.2 Å². The largest absolute Gasteiger partial charge is 0.487 e. The standard InChI is InChI=1S/C14H16N2O3S/c1-9(14(15)17)19-13-5-3-12(4-6-13)18-7-11-8-20-10(2)16-11/h3-6,8-9H,7H2,1-2H3,(H2,15,17)/t9-/m0/s1. The molecule has 106 valence electrons. The molecule has 1 atom stereocenters. The van der Waals surface area contributed by atoms with Crippen LogP contribution in [0.2, 0.25) is 0 Å². The van der Waals surface area contributed by atoms with Crippen molar-refractivity contribution in [2.45, 2.75) is 26.6 Å². The molecular formula is C14H16N2O3S. The van der Waals surface area contributed by atoms with E-state index in [0.717, 1.165) is 16.5 Å². The van der Waals surface area contributed by atoms with E-state index in [2.05, 4.69) is 4.98 Å². The number of hydrogen-bond donors (Lipinski definition) is 1. The summed E-state index contributed by atoms with van der Waals surface area (Å²) in [7, 11) is 0. The molecular weight excluding hydrogens is 276 g/mol. The summed E-state index contributed by atoms with van der Waals surface area (Å²) in [4.78, 5) is 15.2. The number of hydrogen-bond acceptors (Lipinski definition) is 5. The van der Waals surface area contributed by atoms with Crippen molar-refractivity contribution in [3.63, 3.8) is 0 Å². The molecule has 0 bridgehead atoms. The van der Waals surface area contributed by atoms with Crippen LogP contribution in [0.5, 0.6) is 11.5 Å². The molecule has 1 aromatic carbocycles. The maximum Gasteiger partial charge on any atom is 0.258 e. The Morgan fingerprint density at radius 3 is 2.55 bits per heavy atom. The van der Waals surface area contributed by atoms with Crippen molar-refractivity contribution in [1.82, 2.24) is 4.98 Å². The summed E-state index contributed by atoms with van der Waals surface area (Å²) in [5.41, 5.74) is 6.05. The van der Waals surface area contributed by atoms with Crippen LogP contribution >= 0.6 is 11.3 Å². The third-order valence-corrected chi connectivity index (χ3v) is 3.41. The van der Waals surface area contributed by atoms with Gasteiger partial charge in [0, 0.05) is 5.38 Å². The number of ether oxygens (including phenoxy) is 2. The molecule has 1 aromatic heterocycles. The van der Waals surface area contributed by atoms with Crippen molar-refractivity contribution >= 4 is 17.2 Å². The van der Waals surface area contributed by atoms with E-state index in [1.165, 1.54) is 0 Å². The molecule has 2 N–H and O–H groups in total. The summed E-state index contributed by atoms with van der Waals surface area (Å²) in [6.45, 7) is 4.00. The highest BCUT2D eigenvalue weighted by Crippen LogP contribution is 2.20. The minimum Gasteiger partial charge on any atom is -0.487 e. The van der Waals surface area contributed by atoms with E-state index in [1.54, 1.807) is 42.5 Å². The van der Waals surface area contributed by atoms with Gasteiger partial charge in [0.25, 0.3) is 5.91 Å². The molecule has 0 aliphatic heterocycles. The van der Waals surface area contributed by atoms with Crippen LogP contribution in [-0.2, 0) is 11.4 Å². The quantitative estimate of drug-likeness (QED) is 0.886. The predicted octanol–water partition coefficient (Wildman–Crippen LogP) is 2.28. The smallest absolute Gasteiger partial charge is 0.258 e. The molecule has 0 unspecified atom stereocenters. The number of nitrogens with two attached hydrogens (primary N) is 1. The number of amides is 1.